The Labute approximate surface area is 179 Å². The van der Waals surface area contributed by atoms with Crippen LogP contribution in [0.25, 0.3) is 0 Å². The fourth-order valence-corrected chi connectivity index (χ4v) is 3.55. The number of ether oxygens (including phenoxy) is 1. The molecule has 10 heteroatoms. The average molecular weight is 447 g/mol. The molecule has 1 heterocycles. The second-order valence-electron chi connectivity index (χ2n) is 6.33. The fraction of sp³-hybridized carbons (Fsp3) is 0.150. The van der Waals surface area contributed by atoms with Crippen LogP contribution in [0.4, 0.5) is 11.6 Å². The van der Waals surface area contributed by atoms with Crippen molar-refractivity contribution in [1.82, 2.24) is 9.97 Å². The molecule has 0 fully saturated rings. The second-order valence-corrected chi connectivity index (χ2v) is 8.42. The van der Waals surface area contributed by atoms with Gasteiger partial charge in [0.25, 0.3) is 15.9 Å². The number of nitrogens with one attached hydrogen (secondary N) is 2. The smallest absolute Gasteiger partial charge is 0.265 e. The zero-order valence-corrected chi connectivity index (χ0v) is 17.7. The van der Waals surface area contributed by atoms with E-state index in [2.05, 4.69) is 20.0 Å². The Morgan fingerprint density at radius 1 is 1.10 bits per heavy atom. The maximum absolute atomic E-state index is 12.5. The maximum Gasteiger partial charge on any atom is 0.265 e. The van der Waals surface area contributed by atoms with Gasteiger partial charge in [0.1, 0.15) is 5.75 Å². The molecule has 0 bridgehead atoms. The molecule has 0 aliphatic heterocycles. The largest absolute Gasteiger partial charge is 0.479 e. The number of benzene rings is 2. The topological polar surface area (TPSA) is 110 Å². The maximum atomic E-state index is 12.5. The number of carbonyl (C=O) groups is 1. The number of anilines is 2. The van der Waals surface area contributed by atoms with Gasteiger partial charge >= 0.3 is 0 Å². The number of para-hydroxylation sites is 1. The van der Waals surface area contributed by atoms with Gasteiger partial charge in [-0.1, -0.05) is 23.7 Å². The molecule has 0 unspecified atom stereocenters. The highest BCUT2D eigenvalue weighted by Gasteiger charge is 2.18. The Balaban J connectivity index is 1.65. The Morgan fingerprint density at radius 2 is 1.80 bits per heavy atom. The second kappa shape index (κ2) is 9.10. The predicted octanol–water partition coefficient (Wildman–Crippen LogP) is 3.65. The van der Waals surface area contributed by atoms with Crippen molar-refractivity contribution >= 4 is 39.2 Å². The van der Waals surface area contributed by atoms with Crippen molar-refractivity contribution in [2.45, 2.75) is 24.8 Å². The average Bonchev–Trinajstić information content (AvgIpc) is 2.70. The molecule has 0 aliphatic rings. The highest BCUT2D eigenvalue weighted by atomic mass is 35.5. The number of nitrogens with zero attached hydrogens (tertiary/aromatic N) is 2. The molecule has 0 spiro atoms. The first kappa shape index (κ1) is 21.5. The lowest BCUT2D eigenvalue weighted by atomic mass is 10.3. The minimum absolute atomic E-state index is 0.00553. The molecule has 0 saturated carbocycles. The molecular weight excluding hydrogens is 428 g/mol. The fourth-order valence-electron chi connectivity index (χ4n) is 2.42. The van der Waals surface area contributed by atoms with E-state index < -0.39 is 22.0 Å². The van der Waals surface area contributed by atoms with Crippen LogP contribution in [0.5, 0.6) is 5.75 Å². The van der Waals surface area contributed by atoms with Crippen LogP contribution in [-0.2, 0) is 14.8 Å². The summed E-state index contributed by atoms with van der Waals surface area (Å²) in [7, 11) is -3.86. The Hall–Kier alpha value is -3.17. The van der Waals surface area contributed by atoms with Crippen molar-refractivity contribution in [3.05, 3.63) is 71.5 Å². The van der Waals surface area contributed by atoms with E-state index in [0.29, 0.717) is 22.2 Å². The molecule has 0 saturated heterocycles. The summed E-state index contributed by atoms with van der Waals surface area (Å²) in [5.41, 5.74) is 1.05. The van der Waals surface area contributed by atoms with Gasteiger partial charge in [-0.2, -0.15) is 0 Å². The van der Waals surface area contributed by atoms with E-state index in [4.69, 9.17) is 16.3 Å². The summed E-state index contributed by atoms with van der Waals surface area (Å²) in [6, 6.07) is 14.2. The lowest BCUT2D eigenvalue weighted by molar-refractivity contribution is -0.122. The van der Waals surface area contributed by atoms with Crippen LogP contribution in [0, 0.1) is 6.92 Å². The summed E-state index contributed by atoms with van der Waals surface area (Å²) in [6.07, 6.45) is 0.651. The van der Waals surface area contributed by atoms with Crippen molar-refractivity contribution in [2.75, 3.05) is 10.0 Å². The van der Waals surface area contributed by atoms with Crippen LogP contribution >= 0.6 is 11.6 Å². The van der Waals surface area contributed by atoms with Crippen LogP contribution in [0.1, 0.15) is 12.6 Å². The monoisotopic (exact) mass is 446 g/mol. The molecular formula is C20H19ClN4O4S. The number of hydrogen-bond donors (Lipinski definition) is 2. The van der Waals surface area contributed by atoms with Crippen molar-refractivity contribution in [3.63, 3.8) is 0 Å². The van der Waals surface area contributed by atoms with Crippen molar-refractivity contribution < 1.29 is 17.9 Å². The van der Waals surface area contributed by atoms with Crippen molar-refractivity contribution in [1.29, 1.82) is 0 Å². The highest BCUT2D eigenvalue weighted by molar-refractivity contribution is 7.92. The van der Waals surface area contributed by atoms with E-state index in [9.17, 15) is 13.2 Å². The van der Waals surface area contributed by atoms with Gasteiger partial charge in [-0.05, 0) is 56.3 Å². The summed E-state index contributed by atoms with van der Waals surface area (Å²) < 4.78 is 32.8. The number of rotatable bonds is 7. The van der Waals surface area contributed by atoms with Crippen LogP contribution in [0.3, 0.4) is 0 Å². The van der Waals surface area contributed by atoms with Gasteiger partial charge in [0.2, 0.25) is 5.95 Å². The molecule has 156 valence electrons. The highest BCUT2D eigenvalue weighted by Crippen LogP contribution is 2.24. The van der Waals surface area contributed by atoms with Crippen molar-refractivity contribution in [3.8, 4) is 5.75 Å². The summed E-state index contributed by atoms with van der Waals surface area (Å²) in [5, 5.41) is 3.07. The zero-order valence-electron chi connectivity index (χ0n) is 16.2. The van der Waals surface area contributed by atoms with Gasteiger partial charge in [0, 0.05) is 17.6 Å². The molecule has 1 aromatic heterocycles. The summed E-state index contributed by atoms with van der Waals surface area (Å²) in [6.45, 7) is 3.32. The van der Waals surface area contributed by atoms with Crippen LogP contribution < -0.4 is 14.8 Å². The number of amides is 1. The van der Waals surface area contributed by atoms with Gasteiger partial charge in [0.15, 0.2) is 6.10 Å². The number of hydrogen-bond acceptors (Lipinski definition) is 6. The Kier molecular flexibility index (Phi) is 6.53. The van der Waals surface area contributed by atoms with Crippen molar-refractivity contribution in [2.24, 2.45) is 0 Å². The van der Waals surface area contributed by atoms with Gasteiger partial charge < -0.3 is 10.1 Å². The van der Waals surface area contributed by atoms with Gasteiger partial charge in [-0.25, -0.2) is 23.1 Å². The molecule has 8 nitrogen and oxygen atoms in total. The van der Waals surface area contributed by atoms with Gasteiger partial charge in [0.05, 0.1) is 9.92 Å². The van der Waals surface area contributed by atoms with E-state index in [1.807, 2.05) is 0 Å². The Bertz CT molecular complexity index is 1150. The number of halogens is 1. The molecule has 1 amide bonds. The lowest BCUT2D eigenvalue weighted by Gasteiger charge is -2.15. The minimum Gasteiger partial charge on any atom is -0.479 e. The molecule has 2 aromatic carbocycles. The molecule has 3 rings (SSSR count). The molecule has 0 radical (unpaired) electrons. The summed E-state index contributed by atoms with van der Waals surface area (Å²) in [5.74, 6) is -0.0255. The molecule has 2 N–H and O–H groups in total. The van der Waals surface area contributed by atoms with Crippen LogP contribution in [-0.4, -0.2) is 30.4 Å². The predicted molar refractivity (Wildman–Crippen MR) is 114 cm³/mol. The SMILES string of the molecule is Cc1ccnc(NS(=O)(=O)c2ccc(NC(=O)[C@H](C)Oc3ccccc3Cl)cc2)n1. The van der Waals surface area contributed by atoms with E-state index in [-0.39, 0.29) is 10.8 Å². The van der Waals surface area contributed by atoms with E-state index >= 15 is 0 Å². The first-order valence-corrected chi connectivity index (χ1v) is 10.8. The Morgan fingerprint density at radius 3 is 2.47 bits per heavy atom. The standard InChI is InChI=1S/C20H19ClN4O4S/c1-13-11-12-22-20(23-13)25-30(27,28)16-9-7-15(8-10-16)24-19(26)14(2)29-18-6-4-3-5-17(18)21/h3-12,14H,1-2H3,(H,24,26)(H,22,23,25)/t14-/m0/s1. The first-order chi connectivity index (χ1) is 14.2. The minimum atomic E-state index is -3.86. The molecule has 0 aliphatic carbocycles. The van der Waals surface area contributed by atoms with E-state index in [1.165, 1.54) is 30.5 Å². The molecule has 30 heavy (non-hydrogen) atoms. The van der Waals surface area contributed by atoms with E-state index in [1.54, 1.807) is 44.2 Å². The number of aryl methyl sites for hydroxylation is 1. The third-order valence-electron chi connectivity index (χ3n) is 3.96. The number of aromatic nitrogens is 2. The lowest BCUT2D eigenvalue weighted by Crippen LogP contribution is -2.30. The third-order valence-corrected chi connectivity index (χ3v) is 5.62. The normalized spacial score (nSPS) is 12.1. The zero-order chi connectivity index (χ0) is 21.7. The number of sulfonamides is 1. The molecule has 3 aromatic rings. The summed E-state index contributed by atoms with van der Waals surface area (Å²) in [4.78, 5) is 20.3. The number of carbonyl (C=O) groups excluding carboxylic acids is 1. The first-order valence-electron chi connectivity index (χ1n) is 8.89. The summed E-state index contributed by atoms with van der Waals surface area (Å²) >= 11 is 6.03. The van der Waals surface area contributed by atoms with Crippen LogP contribution in [0.15, 0.2) is 65.7 Å². The van der Waals surface area contributed by atoms with E-state index in [0.717, 1.165) is 0 Å². The molecule has 1 atom stereocenters. The van der Waals surface area contributed by atoms with Crippen LogP contribution in [0.2, 0.25) is 5.02 Å². The van der Waals surface area contributed by atoms with Gasteiger partial charge in [-0.3, -0.25) is 4.79 Å². The quantitative estimate of drug-likeness (QED) is 0.573. The third kappa shape index (κ3) is 5.46. The van der Waals surface area contributed by atoms with Gasteiger partial charge in [-0.15, -0.1) is 0 Å².